The second kappa shape index (κ2) is 5.50. The van der Waals surface area contributed by atoms with E-state index in [1.165, 1.54) is 0 Å². The lowest BCUT2D eigenvalue weighted by molar-refractivity contribution is -0.144. The number of hydrogen-bond donors (Lipinski definition) is 2. The number of carbonyl (C=O) groups excluding carboxylic acids is 1. The van der Waals surface area contributed by atoms with Crippen LogP contribution >= 0.6 is 0 Å². The van der Waals surface area contributed by atoms with Gasteiger partial charge >= 0.3 is 6.18 Å². The molecule has 0 aromatic heterocycles. The fourth-order valence-corrected chi connectivity index (χ4v) is 2.10. The molecule has 0 fully saturated rings. The summed E-state index contributed by atoms with van der Waals surface area (Å²) in [5.74, 6) is -0.552. The smallest absolute Gasteiger partial charge is 0.383 e. The van der Waals surface area contributed by atoms with Crippen LogP contribution < -0.4 is 10.6 Å². The Kier molecular flexibility index (Phi) is 3.97. The van der Waals surface area contributed by atoms with E-state index >= 15 is 0 Å². The number of nitrogens with one attached hydrogen (secondary N) is 2. The van der Waals surface area contributed by atoms with Crippen molar-refractivity contribution >= 4 is 11.6 Å². The Balaban J connectivity index is 1.84. The fourth-order valence-electron chi connectivity index (χ4n) is 2.10. The number of alkyl halides is 3. The van der Waals surface area contributed by atoms with Gasteiger partial charge in [0.15, 0.2) is 0 Å². The van der Waals surface area contributed by atoms with E-state index in [0.29, 0.717) is 13.0 Å². The summed E-state index contributed by atoms with van der Waals surface area (Å²) in [6.45, 7) is 0.536. The number of rotatable bonds is 3. The first-order valence-electron chi connectivity index (χ1n) is 6.12. The first kappa shape index (κ1) is 13.7. The molecule has 0 saturated heterocycles. The topological polar surface area (TPSA) is 41.1 Å². The Bertz CT molecular complexity index is 459. The summed E-state index contributed by atoms with van der Waals surface area (Å²) >= 11 is 0. The standard InChI is InChI=1S/C13H15F3N2O/c14-13(15,16)6-5-12(19)18-10-7-9-3-1-2-4-11(9)17-8-10/h1-4,10,17H,5-8H2,(H,18,19). The molecule has 0 saturated carbocycles. The van der Waals surface area contributed by atoms with Crippen molar-refractivity contribution in [2.24, 2.45) is 0 Å². The highest BCUT2D eigenvalue weighted by Crippen LogP contribution is 2.22. The largest absolute Gasteiger partial charge is 0.389 e. The van der Waals surface area contributed by atoms with Gasteiger partial charge in [0.2, 0.25) is 5.91 Å². The van der Waals surface area contributed by atoms with Gasteiger partial charge in [0, 0.05) is 18.7 Å². The molecule has 1 unspecified atom stereocenters. The maximum absolute atomic E-state index is 12.0. The summed E-state index contributed by atoms with van der Waals surface area (Å²) in [6, 6.07) is 7.53. The van der Waals surface area contributed by atoms with Crippen LogP contribution in [-0.4, -0.2) is 24.7 Å². The number of amides is 1. The van der Waals surface area contributed by atoms with Gasteiger partial charge in [-0.25, -0.2) is 0 Å². The summed E-state index contributed by atoms with van der Waals surface area (Å²) in [4.78, 5) is 11.4. The van der Waals surface area contributed by atoms with Crippen molar-refractivity contribution in [3.8, 4) is 0 Å². The number of anilines is 1. The van der Waals surface area contributed by atoms with Crippen LogP contribution in [0.5, 0.6) is 0 Å². The number of fused-ring (bicyclic) bond motifs is 1. The molecule has 1 heterocycles. The zero-order chi connectivity index (χ0) is 13.9. The molecule has 2 rings (SSSR count). The molecule has 0 spiro atoms. The van der Waals surface area contributed by atoms with Gasteiger partial charge in [-0.3, -0.25) is 4.79 Å². The third kappa shape index (κ3) is 4.15. The molecule has 1 aliphatic heterocycles. The van der Waals surface area contributed by atoms with Crippen molar-refractivity contribution < 1.29 is 18.0 Å². The van der Waals surface area contributed by atoms with Gasteiger partial charge < -0.3 is 10.6 Å². The Hall–Kier alpha value is -1.72. The van der Waals surface area contributed by atoms with E-state index in [2.05, 4.69) is 10.6 Å². The highest BCUT2D eigenvalue weighted by Gasteiger charge is 2.28. The molecule has 1 aliphatic rings. The van der Waals surface area contributed by atoms with Crippen LogP contribution in [0.1, 0.15) is 18.4 Å². The number of halogens is 3. The summed E-state index contributed by atoms with van der Waals surface area (Å²) in [5.41, 5.74) is 2.08. The molecule has 1 aromatic rings. The predicted octanol–water partition coefficient (Wildman–Crippen LogP) is 2.48. The van der Waals surface area contributed by atoms with Crippen LogP contribution in [-0.2, 0) is 11.2 Å². The first-order chi connectivity index (χ1) is 8.94. The minimum atomic E-state index is -4.28. The zero-order valence-electron chi connectivity index (χ0n) is 10.3. The summed E-state index contributed by atoms with van der Waals surface area (Å²) < 4.78 is 36.0. The average Bonchev–Trinajstić information content (AvgIpc) is 2.35. The van der Waals surface area contributed by atoms with Gasteiger partial charge in [-0.05, 0) is 18.1 Å². The van der Waals surface area contributed by atoms with E-state index in [9.17, 15) is 18.0 Å². The number of hydrogen-bond acceptors (Lipinski definition) is 2. The molecule has 0 bridgehead atoms. The second-order valence-corrected chi connectivity index (χ2v) is 4.62. The molecule has 19 heavy (non-hydrogen) atoms. The Morgan fingerprint density at radius 3 is 2.84 bits per heavy atom. The van der Waals surface area contributed by atoms with Gasteiger partial charge in [-0.1, -0.05) is 18.2 Å². The van der Waals surface area contributed by atoms with Gasteiger partial charge in [0.1, 0.15) is 0 Å². The molecule has 1 aromatic carbocycles. The number of para-hydroxylation sites is 1. The van der Waals surface area contributed by atoms with Crippen LogP contribution in [0, 0.1) is 0 Å². The van der Waals surface area contributed by atoms with Gasteiger partial charge in [0.05, 0.1) is 12.5 Å². The van der Waals surface area contributed by atoms with Gasteiger partial charge in [-0.2, -0.15) is 13.2 Å². The van der Waals surface area contributed by atoms with Crippen molar-refractivity contribution in [2.75, 3.05) is 11.9 Å². The lowest BCUT2D eigenvalue weighted by atomic mass is 9.99. The normalized spacial score (nSPS) is 18.4. The van der Waals surface area contributed by atoms with E-state index in [1.807, 2.05) is 24.3 Å². The van der Waals surface area contributed by atoms with Gasteiger partial charge in [0.25, 0.3) is 0 Å². The van der Waals surface area contributed by atoms with Crippen LogP contribution in [0.2, 0.25) is 0 Å². The Morgan fingerprint density at radius 2 is 2.11 bits per heavy atom. The van der Waals surface area contributed by atoms with Crippen LogP contribution in [0.4, 0.5) is 18.9 Å². The fraction of sp³-hybridized carbons (Fsp3) is 0.462. The molecule has 1 amide bonds. The molecule has 0 aliphatic carbocycles. The number of carbonyl (C=O) groups is 1. The highest BCUT2D eigenvalue weighted by molar-refractivity contribution is 5.76. The molecule has 1 atom stereocenters. The first-order valence-corrected chi connectivity index (χ1v) is 6.12. The van der Waals surface area contributed by atoms with Gasteiger partial charge in [-0.15, -0.1) is 0 Å². The van der Waals surface area contributed by atoms with Crippen molar-refractivity contribution in [3.05, 3.63) is 29.8 Å². The zero-order valence-corrected chi connectivity index (χ0v) is 10.3. The Morgan fingerprint density at radius 1 is 1.37 bits per heavy atom. The maximum atomic E-state index is 12.0. The van der Waals surface area contributed by atoms with Crippen LogP contribution in [0.25, 0.3) is 0 Å². The van der Waals surface area contributed by atoms with E-state index in [1.54, 1.807) is 0 Å². The van der Waals surface area contributed by atoms with Crippen LogP contribution in [0.3, 0.4) is 0 Å². The predicted molar refractivity (Wildman–Crippen MR) is 65.9 cm³/mol. The van der Waals surface area contributed by atoms with Crippen molar-refractivity contribution in [3.63, 3.8) is 0 Å². The molecule has 104 valence electrons. The number of benzene rings is 1. The molecule has 2 N–H and O–H groups in total. The lowest BCUT2D eigenvalue weighted by Crippen LogP contribution is -2.43. The molecule has 6 heteroatoms. The minimum Gasteiger partial charge on any atom is -0.383 e. The van der Waals surface area contributed by atoms with E-state index in [4.69, 9.17) is 0 Å². The summed E-state index contributed by atoms with van der Waals surface area (Å²) in [6.07, 6.45) is -5.23. The van der Waals surface area contributed by atoms with E-state index in [0.717, 1.165) is 11.3 Å². The minimum absolute atomic E-state index is 0.157. The Labute approximate surface area is 109 Å². The highest BCUT2D eigenvalue weighted by atomic mass is 19.4. The van der Waals surface area contributed by atoms with Crippen molar-refractivity contribution in [2.45, 2.75) is 31.5 Å². The van der Waals surface area contributed by atoms with Crippen molar-refractivity contribution in [1.82, 2.24) is 5.32 Å². The summed E-state index contributed by atoms with van der Waals surface area (Å²) in [7, 11) is 0. The second-order valence-electron chi connectivity index (χ2n) is 4.62. The molecule has 3 nitrogen and oxygen atoms in total. The summed E-state index contributed by atoms with van der Waals surface area (Å²) in [5, 5.41) is 5.78. The van der Waals surface area contributed by atoms with Crippen LogP contribution in [0.15, 0.2) is 24.3 Å². The molecular weight excluding hydrogens is 257 g/mol. The quantitative estimate of drug-likeness (QED) is 0.887. The third-order valence-electron chi connectivity index (χ3n) is 3.02. The monoisotopic (exact) mass is 272 g/mol. The molecule has 0 radical (unpaired) electrons. The third-order valence-corrected chi connectivity index (χ3v) is 3.02. The lowest BCUT2D eigenvalue weighted by Gasteiger charge is -2.27. The average molecular weight is 272 g/mol. The molecular formula is C13H15F3N2O. The van der Waals surface area contributed by atoms with E-state index in [-0.39, 0.29) is 6.04 Å². The van der Waals surface area contributed by atoms with E-state index < -0.39 is 24.9 Å². The maximum Gasteiger partial charge on any atom is 0.389 e. The van der Waals surface area contributed by atoms with Crippen molar-refractivity contribution in [1.29, 1.82) is 0 Å². The SMILES string of the molecule is O=C(CCC(F)(F)F)NC1CNc2ccccc2C1.